The van der Waals surface area contributed by atoms with E-state index in [0.29, 0.717) is 28.3 Å². The normalized spacial score (nSPS) is 11.0. The molecule has 1 N–H and O–H groups in total. The topological polar surface area (TPSA) is 75.7 Å². The van der Waals surface area contributed by atoms with Crippen molar-refractivity contribution in [2.45, 2.75) is 11.8 Å². The molecule has 0 radical (unpaired) electrons. The minimum Gasteiger partial charge on any atom is -0.497 e. The van der Waals surface area contributed by atoms with Crippen LogP contribution in [0.5, 0.6) is 5.75 Å². The molecule has 6 nitrogen and oxygen atoms in total. The van der Waals surface area contributed by atoms with E-state index in [4.69, 9.17) is 4.74 Å². The molecule has 0 fully saturated rings. The monoisotopic (exact) mass is 410 g/mol. The molecule has 0 bridgehead atoms. The Morgan fingerprint density at radius 1 is 0.966 bits per heavy atom. The standard InChI is InChI=1S/C22H22N2O4S/c1-16-14-17(22(25)23-18-8-7-9-19(15-18)28-3)12-13-21(16)24(2)29(26,27)20-10-5-4-6-11-20/h4-15H,1-3H3,(H,23,25). The number of hydrogen-bond donors (Lipinski definition) is 1. The van der Waals surface area contributed by atoms with Crippen LogP contribution in [0.1, 0.15) is 15.9 Å². The predicted molar refractivity (Wildman–Crippen MR) is 114 cm³/mol. The summed E-state index contributed by atoms with van der Waals surface area (Å²) in [5.74, 6) is 0.351. The Balaban J connectivity index is 1.83. The molecule has 150 valence electrons. The van der Waals surface area contributed by atoms with Gasteiger partial charge in [-0.1, -0.05) is 24.3 Å². The third kappa shape index (κ3) is 4.41. The number of carbonyl (C=O) groups is 1. The summed E-state index contributed by atoms with van der Waals surface area (Å²) in [6, 6.07) is 20.2. The number of carbonyl (C=O) groups excluding carboxylic acids is 1. The summed E-state index contributed by atoms with van der Waals surface area (Å²) < 4.78 is 32.1. The first-order valence-corrected chi connectivity index (χ1v) is 10.4. The van der Waals surface area contributed by atoms with Gasteiger partial charge in [-0.2, -0.15) is 0 Å². The Morgan fingerprint density at radius 3 is 2.34 bits per heavy atom. The van der Waals surface area contributed by atoms with Crippen LogP contribution in [0.25, 0.3) is 0 Å². The number of rotatable bonds is 6. The Labute approximate surface area is 170 Å². The zero-order valence-corrected chi connectivity index (χ0v) is 17.2. The molecule has 0 saturated heterocycles. The summed E-state index contributed by atoms with van der Waals surface area (Å²) in [6.45, 7) is 1.77. The Bertz CT molecular complexity index is 1130. The lowest BCUT2D eigenvalue weighted by atomic mass is 10.1. The Kier molecular flexibility index (Phi) is 5.89. The first-order valence-electron chi connectivity index (χ1n) is 8.93. The third-order valence-electron chi connectivity index (χ3n) is 4.53. The van der Waals surface area contributed by atoms with Gasteiger partial charge in [0.1, 0.15) is 5.75 Å². The number of methoxy groups -OCH3 is 1. The molecule has 1 amide bonds. The zero-order chi connectivity index (χ0) is 21.0. The summed E-state index contributed by atoms with van der Waals surface area (Å²) in [7, 11) is -0.626. The van der Waals surface area contributed by atoms with E-state index in [-0.39, 0.29) is 10.8 Å². The van der Waals surface area contributed by atoms with Gasteiger partial charge in [0.25, 0.3) is 15.9 Å². The highest BCUT2D eigenvalue weighted by atomic mass is 32.2. The molecule has 0 aliphatic heterocycles. The molecular formula is C22H22N2O4S. The van der Waals surface area contributed by atoms with Crippen LogP contribution in [0.4, 0.5) is 11.4 Å². The highest BCUT2D eigenvalue weighted by molar-refractivity contribution is 7.92. The number of ether oxygens (including phenoxy) is 1. The lowest BCUT2D eigenvalue weighted by Gasteiger charge is -2.22. The second-order valence-corrected chi connectivity index (χ2v) is 8.44. The van der Waals surface area contributed by atoms with Crippen molar-refractivity contribution in [2.75, 3.05) is 23.8 Å². The zero-order valence-electron chi connectivity index (χ0n) is 16.4. The van der Waals surface area contributed by atoms with Crippen LogP contribution in [0.15, 0.2) is 77.7 Å². The summed E-state index contributed by atoms with van der Waals surface area (Å²) in [5.41, 5.74) is 2.22. The van der Waals surface area contributed by atoms with Crippen molar-refractivity contribution in [2.24, 2.45) is 0 Å². The minimum atomic E-state index is -3.68. The number of amides is 1. The Morgan fingerprint density at radius 2 is 1.69 bits per heavy atom. The maximum absolute atomic E-state index is 12.8. The van der Waals surface area contributed by atoms with Gasteiger partial charge in [-0.15, -0.1) is 0 Å². The van der Waals surface area contributed by atoms with Crippen LogP contribution in [0.2, 0.25) is 0 Å². The molecule has 0 aliphatic carbocycles. The average Bonchev–Trinajstić information content (AvgIpc) is 2.74. The van der Waals surface area contributed by atoms with E-state index in [9.17, 15) is 13.2 Å². The van der Waals surface area contributed by atoms with E-state index in [2.05, 4.69) is 5.32 Å². The van der Waals surface area contributed by atoms with E-state index in [1.807, 2.05) is 0 Å². The van der Waals surface area contributed by atoms with Gasteiger partial charge >= 0.3 is 0 Å². The van der Waals surface area contributed by atoms with Crippen LogP contribution in [-0.2, 0) is 10.0 Å². The van der Waals surface area contributed by atoms with Crippen molar-refractivity contribution in [3.05, 3.63) is 83.9 Å². The molecule has 29 heavy (non-hydrogen) atoms. The molecule has 0 unspecified atom stereocenters. The minimum absolute atomic E-state index is 0.210. The van der Waals surface area contributed by atoms with Gasteiger partial charge in [0.15, 0.2) is 0 Å². The van der Waals surface area contributed by atoms with E-state index in [1.54, 1.807) is 86.8 Å². The molecular weight excluding hydrogens is 388 g/mol. The van der Waals surface area contributed by atoms with Gasteiger partial charge in [0.2, 0.25) is 0 Å². The van der Waals surface area contributed by atoms with Gasteiger partial charge in [-0.3, -0.25) is 9.10 Å². The van der Waals surface area contributed by atoms with Gasteiger partial charge in [-0.05, 0) is 55.0 Å². The fraction of sp³-hybridized carbons (Fsp3) is 0.136. The van der Waals surface area contributed by atoms with Crippen molar-refractivity contribution in [3.63, 3.8) is 0 Å². The summed E-state index contributed by atoms with van der Waals surface area (Å²) in [4.78, 5) is 12.8. The number of aryl methyl sites for hydroxylation is 1. The molecule has 0 aliphatic rings. The first kappa shape index (κ1) is 20.4. The van der Waals surface area contributed by atoms with Crippen molar-refractivity contribution in [1.82, 2.24) is 0 Å². The highest BCUT2D eigenvalue weighted by Crippen LogP contribution is 2.26. The lowest BCUT2D eigenvalue weighted by Crippen LogP contribution is -2.27. The third-order valence-corrected chi connectivity index (χ3v) is 6.31. The SMILES string of the molecule is COc1cccc(NC(=O)c2ccc(N(C)S(=O)(=O)c3ccccc3)c(C)c2)c1. The van der Waals surface area contributed by atoms with Crippen LogP contribution in [-0.4, -0.2) is 28.5 Å². The molecule has 0 heterocycles. The van der Waals surface area contributed by atoms with Crippen LogP contribution < -0.4 is 14.4 Å². The van der Waals surface area contributed by atoms with Crippen molar-refractivity contribution in [1.29, 1.82) is 0 Å². The fourth-order valence-corrected chi connectivity index (χ4v) is 4.22. The smallest absolute Gasteiger partial charge is 0.264 e. The Hall–Kier alpha value is -3.32. The number of anilines is 2. The second kappa shape index (κ2) is 8.36. The molecule has 3 aromatic carbocycles. The maximum atomic E-state index is 12.8. The number of nitrogens with one attached hydrogen (secondary N) is 1. The van der Waals surface area contributed by atoms with Crippen LogP contribution in [0, 0.1) is 6.92 Å². The largest absolute Gasteiger partial charge is 0.497 e. The molecule has 7 heteroatoms. The summed E-state index contributed by atoms with van der Waals surface area (Å²) in [5, 5.41) is 2.81. The number of benzene rings is 3. The van der Waals surface area contributed by atoms with E-state index < -0.39 is 10.0 Å². The van der Waals surface area contributed by atoms with Crippen molar-refractivity contribution in [3.8, 4) is 5.75 Å². The van der Waals surface area contributed by atoms with Crippen molar-refractivity contribution < 1.29 is 17.9 Å². The average molecular weight is 410 g/mol. The summed E-state index contributed by atoms with van der Waals surface area (Å²) >= 11 is 0. The van der Waals surface area contributed by atoms with Crippen LogP contribution in [0.3, 0.4) is 0 Å². The molecule has 0 spiro atoms. The van der Waals surface area contributed by atoms with E-state index in [1.165, 1.54) is 11.4 Å². The fourth-order valence-electron chi connectivity index (χ4n) is 2.93. The maximum Gasteiger partial charge on any atom is 0.264 e. The highest BCUT2D eigenvalue weighted by Gasteiger charge is 2.22. The number of sulfonamides is 1. The second-order valence-electron chi connectivity index (χ2n) is 6.47. The van der Waals surface area contributed by atoms with Gasteiger partial charge in [-0.25, -0.2) is 8.42 Å². The summed E-state index contributed by atoms with van der Waals surface area (Å²) in [6.07, 6.45) is 0. The van der Waals surface area contributed by atoms with Gasteiger partial charge < -0.3 is 10.1 Å². The van der Waals surface area contributed by atoms with Gasteiger partial charge in [0, 0.05) is 24.4 Å². The molecule has 0 aromatic heterocycles. The number of hydrogen-bond acceptors (Lipinski definition) is 4. The quantitative estimate of drug-likeness (QED) is 0.664. The van der Waals surface area contributed by atoms with Crippen LogP contribution >= 0.6 is 0 Å². The molecule has 3 rings (SSSR count). The van der Waals surface area contributed by atoms with Crippen molar-refractivity contribution >= 4 is 27.3 Å². The molecule has 3 aromatic rings. The lowest BCUT2D eigenvalue weighted by molar-refractivity contribution is 0.102. The number of nitrogens with zero attached hydrogens (tertiary/aromatic N) is 1. The first-order chi connectivity index (χ1) is 13.8. The van der Waals surface area contributed by atoms with E-state index in [0.717, 1.165) is 0 Å². The molecule has 0 saturated carbocycles. The van der Waals surface area contributed by atoms with Gasteiger partial charge in [0.05, 0.1) is 17.7 Å². The molecule has 0 atom stereocenters. The van der Waals surface area contributed by atoms with E-state index >= 15 is 0 Å². The predicted octanol–water partition coefficient (Wildman–Crippen LogP) is 4.08.